The lowest BCUT2D eigenvalue weighted by Gasteiger charge is -2.11. The zero-order valence-corrected chi connectivity index (χ0v) is 16.7. The van der Waals surface area contributed by atoms with Gasteiger partial charge in [-0.15, -0.1) is 0 Å². The molecule has 1 saturated heterocycles. The highest BCUT2D eigenvalue weighted by atomic mass is 35.5. The molecule has 3 amide bonds. The predicted octanol–water partition coefficient (Wildman–Crippen LogP) is 4.30. The fourth-order valence-corrected chi connectivity index (χ4v) is 3.42. The average molecular weight is 417 g/mol. The number of carbonyl (C=O) groups is 3. The monoisotopic (exact) mass is 416 g/mol. The van der Waals surface area contributed by atoms with Crippen LogP contribution in [0.2, 0.25) is 5.02 Å². The third kappa shape index (κ3) is 4.94. The summed E-state index contributed by atoms with van der Waals surface area (Å²) in [7, 11) is 0. The lowest BCUT2D eigenvalue weighted by atomic mass is 10.1. The molecule has 2 aromatic carbocycles. The zero-order chi connectivity index (χ0) is 20.3. The van der Waals surface area contributed by atoms with E-state index in [0.29, 0.717) is 21.2 Å². The number of ether oxygens (including phenoxy) is 1. The fraction of sp³-hybridized carbons (Fsp3) is 0.150. The highest BCUT2D eigenvalue weighted by molar-refractivity contribution is 8.18. The number of carbonyl (C=O) groups excluding carboxylic acids is 3. The lowest BCUT2D eigenvalue weighted by molar-refractivity contribution is -0.118. The molecule has 0 spiro atoms. The van der Waals surface area contributed by atoms with Gasteiger partial charge in [-0.1, -0.05) is 29.8 Å². The molecule has 1 aliphatic rings. The van der Waals surface area contributed by atoms with Crippen molar-refractivity contribution >= 4 is 52.2 Å². The number of rotatable bonds is 5. The number of anilines is 1. The van der Waals surface area contributed by atoms with E-state index >= 15 is 0 Å². The van der Waals surface area contributed by atoms with Crippen LogP contribution >= 0.6 is 23.4 Å². The van der Waals surface area contributed by atoms with Crippen LogP contribution in [0.1, 0.15) is 16.7 Å². The van der Waals surface area contributed by atoms with Gasteiger partial charge < -0.3 is 10.1 Å². The summed E-state index contributed by atoms with van der Waals surface area (Å²) in [5.41, 5.74) is 3.39. The Morgan fingerprint density at radius 3 is 2.68 bits per heavy atom. The highest BCUT2D eigenvalue weighted by Gasteiger charge is 2.25. The van der Waals surface area contributed by atoms with Gasteiger partial charge in [0.2, 0.25) is 0 Å². The molecule has 2 aromatic rings. The van der Waals surface area contributed by atoms with Gasteiger partial charge in [0.15, 0.2) is 6.61 Å². The molecule has 6 nitrogen and oxygen atoms in total. The van der Waals surface area contributed by atoms with E-state index < -0.39 is 11.1 Å². The largest absolute Gasteiger partial charge is 0.482 e. The molecule has 1 heterocycles. The fourth-order valence-electron chi connectivity index (χ4n) is 2.50. The standard InChI is InChI=1S/C20H17ClN2O4S/c1-11-3-4-12(2)15(7-11)22-18(24)10-27-16-6-5-13(8-14(16)21)9-17-19(25)23-20(26)28-17/h3-9H,10H2,1-2H3,(H,22,24)(H,23,25,26)/b17-9-. The van der Waals surface area contributed by atoms with E-state index in [2.05, 4.69) is 10.6 Å². The number of imide groups is 1. The molecule has 0 bridgehead atoms. The number of hydrogen-bond donors (Lipinski definition) is 2. The number of amides is 3. The molecule has 1 fully saturated rings. The van der Waals surface area contributed by atoms with Crippen LogP contribution in [0.25, 0.3) is 6.08 Å². The summed E-state index contributed by atoms with van der Waals surface area (Å²) in [6.45, 7) is 3.67. The van der Waals surface area contributed by atoms with Crippen LogP contribution in [0.4, 0.5) is 10.5 Å². The van der Waals surface area contributed by atoms with Crippen molar-refractivity contribution in [1.29, 1.82) is 0 Å². The Hall–Kier alpha value is -2.77. The molecular formula is C20H17ClN2O4S. The van der Waals surface area contributed by atoms with E-state index in [0.717, 1.165) is 28.6 Å². The topological polar surface area (TPSA) is 84.5 Å². The number of nitrogens with one attached hydrogen (secondary N) is 2. The van der Waals surface area contributed by atoms with Crippen molar-refractivity contribution < 1.29 is 19.1 Å². The summed E-state index contributed by atoms with van der Waals surface area (Å²) in [4.78, 5) is 35.2. The molecule has 0 saturated carbocycles. The van der Waals surface area contributed by atoms with E-state index in [4.69, 9.17) is 16.3 Å². The maximum absolute atomic E-state index is 12.2. The molecule has 144 valence electrons. The third-order valence-corrected chi connectivity index (χ3v) is 5.03. The lowest BCUT2D eigenvalue weighted by Crippen LogP contribution is -2.20. The Morgan fingerprint density at radius 1 is 1.21 bits per heavy atom. The summed E-state index contributed by atoms with van der Waals surface area (Å²) < 4.78 is 5.50. The van der Waals surface area contributed by atoms with Gasteiger partial charge in [0.25, 0.3) is 17.1 Å². The van der Waals surface area contributed by atoms with Crippen LogP contribution in [0.15, 0.2) is 41.3 Å². The molecule has 3 rings (SSSR count). The van der Waals surface area contributed by atoms with E-state index in [1.165, 1.54) is 0 Å². The first-order valence-corrected chi connectivity index (χ1v) is 9.55. The van der Waals surface area contributed by atoms with Gasteiger partial charge in [-0.05, 0) is 66.6 Å². The van der Waals surface area contributed by atoms with Gasteiger partial charge in [0, 0.05) is 5.69 Å². The first-order chi connectivity index (χ1) is 13.3. The minimum atomic E-state index is -0.436. The molecule has 2 N–H and O–H groups in total. The SMILES string of the molecule is Cc1ccc(C)c(NC(=O)COc2ccc(/C=C3\SC(=O)NC3=O)cc2Cl)c1. The first-order valence-electron chi connectivity index (χ1n) is 8.36. The second kappa shape index (κ2) is 8.50. The second-order valence-electron chi connectivity index (χ2n) is 6.20. The number of hydrogen-bond acceptors (Lipinski definition) is 5. The van der Waals surface area contributed by atoms with Crippen molar-refractivity contribution in [3.63, 3.8) is 0 Å². The molecule has 1 aliphatic heterocycles. The van der Waals surface area contributed by atoms with Crippen molar-refractivity contribution in [2.45, 2.75) is 13.8 Å². The first kappa shape index (κ1) is 20.0. The Kier molecular flexibility index (Phi) is 6.06. The Morgan fingerprint density at radius 2 is 2.00 bits per heavy atom. The summed E-state index contributed by atoms with van der Waals surface area (Å²) in [5, 5.41) is 4.89. The van der Waals surface area contributed by atoms with Gasteiger partial charge in [0.1, 0.15) is 5.75 Å². The van der Waals surface area contributed by atoms with Crippen LogP contribution in [0.3, 0.4) is 0 Å². The third-order valence-electron chi connectivity index (χ3n) is 3.92. The van der Waals surface area contributed by atoms with Gasteiger partial charge >= 0.3 is 0 Å². The van der Waals surface area contributed by atoms with Gasteiger partial charge in [-0.2, -0.15) is 0 Å². The normalized spacial score (nSPS) is 14.9. The average Bonchev–Trinajstić information content (AvgIpc) is 2.94. The Labute approximate surface area is 171 Å². The van der Waals surface area contributed by atoms with Crippen molar-refractivity contribution in [3.05, 3.63) is 63.0 Å². The maximum atomic E-state index is 12.2. The predicted molar refractivity (Wildman–Crippen MR) is 111 cm³/mol. The molecular weight excluding hydrogens is 400 g/mol. The molecule has 0 atom stereocenters. The molecule has 8 heteroatoms. The van der Waals surface area contributed by atoms with Gasteiger partial charge in [-0.25, -0.2) is 0 Å². The second-order valence-corrected chi connectivity index (χ2v) is 7.62. The number of aryl methyl sites for hydroxylation is 2. The van der Waals surface area contributed by atoms with Crippen molar-refractivity contribution in [2.75, 3.05) is 11.9 Å². The smallest absolute Gasteiger partial charge is 0.290 e. The summed E-state index contributed by atoms with van der Waals surface area (Å²) in [6, 6.07) is 10.7. The van der Waals surface area contributed by atoms with E-state index in [1.54, 1.807) is 24.3 Å². The quantitative estimate of drug-likeness (QED) is 0.710. The molecule has 0 aliphatic carbocycles. The molecule has 0 aromatic heterocycles. The van der Waals surface area contributed by atoms with Crippen LogP contribution in [0, 0.1) is 13.8 Å². The summed E-state index contributed by atoms with van der Waals surface area (Å²) >= 11 is 7.04. The van der Waals surface area contributed by atoms with Gasteiger partial charge in [-0.3, -0.25) is 19.7 Å². The minimum absolute atomic E-state index is 0.194. The zero-order valence-electron chi connectivity index (χ0n) is 15.2. The van der Waals surface area contributed by atoms with E-state index in [9.17, 15) is 14.4 Å². The van der Waals surface area contributed by atoms with Gasteiger partial charge in [0.05, 0.1) is 9.93 Å². The summed E-state index contributed by atoms with van der Waals surface area (Å²) in [5.74, 6) is -0.386. The molecule has 28 heavy (non-hydrogen) atoms. The molecule has 0 radical (unpaired) electrons. The van der Waals surface area contributed by atoms with Crippen molar-refractivity contribution in [1.82, 2.24) is 5.32 Å². The summed E-state index contributed by atoms with van der Waals surface area (Å²) in [6.07, 6.45) is 1.56. The van der Waals surface area contributed by atoms with Crippen LogP contribution < -0.4 is 15.4 Å². The Balaban J connectivity index is 1.63. The van der Waals surface area contributed by atoms with Crippen molar-refractivity contribution in [3.8, 4) is 5.75 Å². The number of benzene rings is 2. The van der Waals surface area contributed by atoms with E-state index in [-0.39, 0.29) is 12.5 Å². The number of thioether (sulfide) groups is 1. The minimum Gasteiger partial charge on any atom is -0.482 e. The van der Waals surface area contributed by atoms with Crippen LogP contribution in [-0.2, 0) is 9.59 Å². The van der Waals surface area contributed by atoms with Crippen LogP contribution in [-0.4, -0.2) is 23.7 Å². The van der Waals surface area contributed by atoms with Crippen molar-refractivity contribution in [2.24, 2.45) is 0 Å². The highest BCUT2D eigenvalue weighted by Crippen LogP contribution is 2.30. The molecule has 0 unspecified atom stereocenters. The Bertz CT molecular complexity index is 1000. The van der Waals surface area contributed by atoms with Crippen LogP contribution in [0.5, 0.6) is 5.75 Å². The number of halogens is 1. The maximum Gasteiger partial charge on any atom is 0.290 e. The van der Waals surface area contributed by atoms with E-state index in [1.807, 2.05) is 32.0 Å².